The van der Waals surface area contributed by atoms with E-state index >= 15 is 0 Å². The van der Waals surface area contributed by atoms with E-state index in [2.05, 4.69) is 34.9 Å². The molecule has 0 saturated heterocycles. The number of nitrogens with zero attached hydrogens (tertiary/aromatic N) is 2. The van der Waals surface area contributed by atoms with Crippen molar-refractivity contribution in [2.45, 2.75) is 59.0 Å². The highest BCUT2D eigenvalue weighted by Crippen LogP contribution is 2.17. The van der Waals surface area contributed by atoms with Crippen molar-refractivity contribution in [2.75, 3.05) is 19.8 Å². The lowest BCUT2D eigenvalue weighted by molar-refractivity contribution is 0.140. The lowest BCUT2D eigenvalue weighted by atomic mass is 10.1. The molecule has 0 aliphatic rings. The highest BCUT2D eigenvalue weighted by molar-refractivity contribution is 4.99. The third-order valence-electron chi connectivity index (χ3n) is 3.15. The smallest absolute Gasteiger partial charge is 0.125 e. The van der Waals surface area contributed by atoms with Crippen molar-refractivity contribution in [2.24, 2.45) is 0 Å². The van der Waals surface area contributed by atoms with Gasteiger partial charge in [-0.25, -0.2) is 4.98 Å². The Balaban J connectivity index is 2.57. The molecular formula is C15H29N3O. The number of rotatable bonds is 11. The molecule has 0 aliphatic carbocycles. The number of hydrogen-bond donors (Lipinski definition) is 1. The number of nitrogens with one attached hydrogen (secondary N) is 1. The Morgan fingerprint density at radius 3 is 2.84 bits per heavy atom. The van der Waals surface area contributed by atoms with Gasteiger partial charge in [-0.15, -0.1) is 0 Å². The SMILES string of the molecule is CCCNC(CCCOCC)c1nccn1CCC. The van der Waals surface area contributed by atoms with Gasteiger partial charge in [0.25, 0.3) is 0 Å². The van der Waals surface area contributed by atoms with Crippen LogP contribution in [-0.4, -0.2) is 29.3 Å². The normalized spacial score (nSPS) is 12.8. The van der Waals surface area contributed by atoms with Crippen LogP contribution < -0.4 is 5.32 Å². The minimum Gasteiger partial charge on any atom is -0.382 e. The Morgan fingerprint density at radius 1 is 1.32 bits per heavy atom. The third-order valence-corrected chi connectivity index (χ3v) is 3.15. The lowest BCUT2D eigenvalue weighted by Crippen LogP contribution is -2.25. The Hall–Kier alpha value is -0.870. The zero-order valence-electron chi connectivity index (χ0n) is 12.7. The van der Waals surface area contributed by atoms with Crippen molar-refractivity contribution in [1.82, 2.24) is 14.9 Å². The number of hydrogen-bond acceptors (Lipinski definition) is 3. The van der Waals surface area contributed by atoms with Crippen LogP contribution in [0.4, 0.5) is 0 Å². The summed E-state index contributed by atoms with van der Waals surface area (Å²) in [6, 6.07) is 0.349. The molecule has 1 aromatic rings. The van der Waals surface area contributed by atoms with Gasteiger partial charge in [-0.1, -0.05) is 13.8 Å². The third kappa shape index (κ3) is 5.74. The van der Waals surface area contributed by atoms with Crippen LogP contribution in [0.25, 0.3) is 0 Å². The van der Waals surface area contributed by atoms with Gasteiger partial charge in [0.05, 0.1) is 6.04 Å². The average molecular weight is 267 g/mol. The van der Waals surface area contributed by atoms with E-state index in [9.17, 15) is 0 Å². The maximum atomic E-state index is 5.43. The van der Waals surface area contributed by atoms with E-state index in [0.29, 0.717) is 6.04 Å². The van der Waals surface area contributed by atoms with Crippen molar-refractivity contribution in [3.8, 4) is 0 Å². The van der Waals surface area contributed by atoms with Gasteiger partial charge in [-0.2, -0.15) is 0 Å². The summed E-state index contributed by atoms with van der Waals surface area (Å²) in [5, 5.41) is 3.61. The van der Waals surface area contributed by atoms with E-state index in [1.807, 2.05) is 13.1 Å². The summed E-state index contributed by atoms with van der Waals surface area (Å²) in [6.45, 7) is 10.2. The number of ether oxygens (including phenoxy) is 1. The molecule has 1 aromatic heterocycles. The van der Waals surface area contributed by atoms with Crippen LogP contribution in [-0.2, 0) is 11.3 Å². The minimum atomic E-state index is 0.349. The lowest BCUT2D eigenvalue weighted by Gasteiger charge is -2.19. The van der Waals surface area contributed by atoms with Crippen molar-refractivity contribution in [3.05, 3.63) is 18.2 Å². The molecule has 110 valence electrons. The van der Waals surface area contributed by atoms with Gasteiger partial charge in [0.15, 0.2) is 0 Å². The predicted octanol–water partition coefficient (Wildman–Crippen LogP) is 3.15. The first-order valence-electron chi connectivity index (χ1n) is 7.65. The van der Waals surface area contributed by atoms with Gasteiger partial charge in [0.2, 0.25) is 0 Å². The fourth-order valence-electron chi connectivity index (χ4n) is 2.24. The number of aryl methyl sites for hydroxylation is 1. The second kappa shape index (κ2) is 9.98. The fourth-order valence-corrected chi connectivity index (χ4v) is 2.24. The van der Waals surface area contributed by atoms with Crippen molar-refractivity contribution in [3.63, 3.8) is 0 Å². The molecule has 0 saturated carbocycles. The first kappa shape index (κ1) is 16.2. The average Bonchev–Trinajstić information content (AvgIpc) is 2.87. The topological polar surface area (TPSA) is 39.1 Å². The van der Waals surface area contributed by atoms with Crippen LogP contribution in [0, 0.1) is 0 Å². The maximum Gasteiger partial charge on any atom is 0.125 e. The van der Waals surface area contributed by atoms with E-state index in [0.717, 1.165) is 52.0 Å². The van der Waals surface area contributed by atoms with Crippen molar-refractivity contribution < 1.29 is 4.74 Å². The quantitative estimate of drug-likeness (QED) is 0.626. The van der Waals surface area contributed by atoms with Crippen LogP contribution in [0.15, 0.2) is 12.4 Å². The molecule has 1 atom stereocenters. The molecule has 19 heavy (non-hydrogen) atoms. The molecule has 1 N–H and O–H groups in total. The molecule has 1 rings (SSSR count). The minimum absolute atomic E-state index is 0.349. The first-order chi connectivity index (χ1) is 9.33. The molecule has 0 aromatic carbocycles. The van der Waals surface area contributed by atoms with Gasteiger partial charge in [-0.05, 0) is 39.2 Å². The Bertz CT molecular complexity index is 325. The van der Waals surface area contributed by atoms with Crippen molar-refractivity contribution >= 4 is 0 Å². The Labute approximate surface area is 117 Å². The van der Waals surface area contributed by atoms with E-state index in [1.54, 1.807) is 0 Å². The molecule has 4 heteroatoms. The first-order valence-corrected chi connectivity index (χ1v) is 7.65. The van der Waals surface area contributed by atoms with Crippen LogP contribution in [0.2, 0.25) is 0 Å². The van der Waals surface area contributed by atoms with E-state index in [1.165, 1.54) is 5.82 Å². The van der Waals surface area contributed by atoms with E-state index in [4.69, 9.17) is 4.74 Å². The second-order valence-electron chi connectivity index (χ2n) is 4.82. The van der Waals surface area contributed by atoms with Gasteiger partial charge >= 0.3 is 0 Å². The number of imidazole rings is 1. The molecule has 0 bridgehead atoms. The maximum absolute atomic E-state index is 5.43. The summed E-state index contributed by atoms with van der Waals surface area (Å²) in [5.74, 6) is 1.17. The molecule has 0 radical (unpaired) electrons. The molecular weight excluding hydrogens is 238 g/mol. The van der Waals surface area contributed by atoms with Crippen LogP contribution >= 0.6 is 0 Å². The molecule has 1 heterocycles. The number of aromatic nitrogens is 2. The fraction of sp³-hybridized carbons (Fsp3) is 0.800. The van der Waals surface area contributed by atoms with Crippen LogP contribution in [0.3, 0.4) is 0 Å². The van der Waals surface area contributed by atoms with E-state index < -0.39 is 0 Å². The summed E-state index contributed by atoms with van der Waals surface area (Å²) in [4.78, 5) is 4.55. The largest absolute Gasteiger partial charge is 0.382 e. The predicted molar refractivity (Wildman–Crippen MR) is 79.3 cm³/mol. The summed E-state index contributed by atoms with van der Waals surface area (Å²) in [5.41, 5.74) is 0. The van der Waals surface area contributed by atoms with Gasteiger partial charge < -0.3 is 14.6 Å². The molecule has 0 fully saturated rings. The highest BCUT2D eigenvalue weighted by atomic mass is 16.5. The zero-order chi connectivity index (χ0) is 13.9. The molecule has 1 unspecified atom stereocenters. The highest BCUT2D eigenvalue weighted by Gasteiger charge is 2.15. The molecule has 0 aliphatic heterocycles. The van der Waals surface area contributed by atoms with Gasteiger partial charge in [0.1, 0.15) is 5.82 Å². The van der Waals surface area contributed by atoms with Crippen LogP contribution in [0.1, 0.15) is 58.3 Å². The monoisotopic (exact) mass is 267 g/mol. The van der Waals surface area contributed by atoms with E-state index in [-0.39, 0.29) is 0 Å². The summed E-state index contributed by atoms with van der Waals surface area (Å²) >= 11 is 0. The Kier molecular flexibility index (Phi) is 8.50. The molecule has 0 amide bonds. The van der Waals surface area contributed by atoms with Crippen molar-refractivity contribution in [1.29, 1.82) is 0 Å². The van der Waals surface area contributed by atoms with Gasteiger partial charge in [0, 0.05) is 32.2 Å². The zero-order valence-corrected chi connectivity index (χ0v) is 12.7. The van der Waals surface area contributed by atoms with Crippen LogP contribution in [0.5, 0.6) is 0 Å². The summed E-state index contributed by atoms with van der Waals surface area (Å²) in [7, 11) is 0. The summed E-state index contributed by atoms with van der Waals surface area (Å²) in [6.07, 6.45) is 8.45. The molecule has 0 spiro atoms. The summed E-state index contributed by atoms with van der Waals surface area (Å²) < 4.78 is 7.70. The second-order valence-corrected chi connectivity index (χ2v) is 4.82. The molecule has 4 nitrogen and oxygen atoms in total. The standard InChI is InChI=1S/C15H29N3O/c1-4-9-16-14(8-7-13-19-6-3)15-17-10-12-18(15)11-5-2/h10,12,14,16H,4-9,11,13H2,1-3H3. The Morgan fingerprint density at radius 2 is 2.16 bits per heavy atom. The van der Waals surface area contributed by atoms with Gasteiger partial charge in [-0.3, -0.25) is 0 Å².